The third-order valence-electron chi connectivity index (χ3n) is 5.87. The van der Waals surface area contributed by atoms with Crippen LogP contribution in [0, 0.1) is 17.6 Å². The molecule has 0 aromatic heterocycles. The van der Waals surface area contributed by atoms with E-state index in [9.17, 15) is 13.6 Å². The van der Waals surface area contributed by atoms with Crippen LogP contribution in [0.2, 0.25) is 0 Å². The minimum Gasteiger partial charge on any atom is -0.444 e. The van der Waals surface area contributed by atoms with Crippen LogP contribution in [0.3, 0.4) is 0 Å². The summed E-state index contributed by atoms with van der Waals surface area (Å²) < 4.78 is 32.2. The molecule has 1 N–H and O–H groups in total. The summed E-state index contributed by atoms with van der Waals surface area (Å²) in [5, 5.41) is 3.51. The first-order valence-corrected chi connectivity index (χ1v) is 12.2. The molecule has 0 spiro atoms. The Hall–Kier alpha value is -2.47. The van der Waals surface area contributed by atoms with Gasteiger partial charge in [-0.3, -0.25) is 0 Å². The van der Waals surface area contributed by atoms with E-state index in [4.69, 9.17) is 4.74 Å². The van der Waals surface area contributed by atoms with Crippen LogP contribution < -0.4 is 5.32 Å². The number of nitrogens with zero attached hydrogens (tertiary/aromatic N) is 1. The molecule has 0 fully saturated rings. The summed E-state index contributed by atoms with van der Waals surface area (Å²) in [7, 11) is 1.78. The van der Waals surface area contributed by atoms with Gasteiger partial charge in [-0.2, -0.15) is 0 Å². The predicted molar refractivity (Wildman–Crippen MR) is 134 cm³/mol. The average molecular weight is 475 g/mol. The van der Waals surface area contributed by atoms with Crippen LogP contribution in [0.1, 0.15) is 70.4 Å². The highest BCUT2D eigenvalue weighted by Crippen LogP contribution is 2.29. The Kier molecular flexibility index (Phi) is 11.0. The van der Waals surface area contributed by atoms with E-state index >= 15 is 0 Å². The molecule has 0 aliphatic heterocycles. The van der Waals surface area contributed by atoms with Crippen molar-refractivity contribution in [2.45, 2.75) is 64.9 Å². The fourth-order valence-electron chi connectivity index (χ4n) is 3.81. The summed E-state index contributed by atoms with van der Waals surface area (Å²) in [4.78, 5) is 13.7. The Labute approximate surface area is 203 Å². The van der Waals surface area contributed by atoms with Crippen LogP contribution in [0.4, 0.5) is 13.6 Å². The summed E-state index contributed by atoms with van der Waals surface area (Å²) in [5.74, 6) is 0.0817. The van der Waals surface area contributed by atoms with Crippen molar-refractivity contribution >= 4 is 6.09 Å². The number of ether oxygens (including phenoxy) is 1. The van der Waals surface area contributed by atoms with Gasteiger partial charge in [0.25, 0.3) is 0 Å². The molecule has 0 unspecified atom stereocenters. The van der Waals surface area contributed by atoms with E-state index in [-0.39, 0.29) is 23.6 Å². The van der Waals surface area contributed by atoms with Gasteiger partial charge in [-0.25, -0.2) is 13.6 Å². The lowest BCUT2D eigenvalue weighted by Gasteiger charge is -2.25. The van der Waals surface area contributed by atoms with Crippen LogP contribution in [0.25, 0.3) is 0 Å². The molecule has 0 saturated heterocycles. The lowest BCUT2D eigenvalue weighted by atomic mass is 9.87. The van der Waals surface area contributed by atoms with Gasteiger partial charge in [0, 0.05) is 19.5 Å². The number of benzene rings is 2. The van der Waals surface area contributed by atoms with Crippen molar-refractivity contribution in [3.8, 4) is 0 Å². The van der Waals surface area contributed by atoms with Crippen molar-refractivity contribution in [1.82, 2.24) is 10.2 Å². The highest BCUT2D eigenvalue weighted by atomic mass is 19.1. The van der Waals surface area contributed by atoms with Crippen molar-refractivity contribution in [2.24, 2.45) is 5.92 Å². The molecule has 0 saturated carbocycles. The molecular formula is C28H40F2N2O2. The number of carbonyl (C=O) groups is 1. The minimum absolute atomic E-state index is 0.102. The van der Waals surface area contributed by atoms with Crippen molar-refractivity contribution in [2.75, 3.05) is 26.7 Å². The van der Waals surface area contributed by atoms with Gasteiger partial charge in [-0.05, 0) is 101 Å². The maximum atomic E-state index is 13.4. The fraction of sp³-hybridized carbons (Fsp3) is 0.536. The van der Waals surface area contributed by atoms with Crippen LogP contribution >= 0.6 is 0 Å². The molecule has 34 heavy (non-hydrogen) atoms. The minimum atomic E-state index is -0.479. The van der Waals surface area contributed by atoms with E-state index in [1.165, 1.54) is 24.3 Å². The molecule has 2 aromatic carbocycles. The van der Waals surface area contributed by atoms with Gasteiger partial charge in [-0.1, -0.05) is 31.2 Å². The molecule has 0 aliphatic rings. The Balaban J connectivity index is 1.72. The number of halogens is 2. The van der Waals surface area contributed by atoms with Gasteiger partial charge in [-0.15, -0.1) is 0 Å². The SMILES string of the molecule is C[C@@H](CCNCCCC(c1ccc(F)cc1)c1ccc(F)cc1)CCN(C)C(=O)OC(C)(C)C. The molecule has 0 bridgehead atoms. The number of nitrogens with one attached hydrogen (secondary N) is 1. The summed E-state index contributed by atoms with van der Waals surface area (Å²) in [6.45, 7) is 10.3. The number of hydrogen-bond donors (Lipinski definition) is 1. The number of amides is 1. The molecule has 6 heteroatoms. The van der Waals surface area contributed by atoms with Crippen molar-refractivity contribution in [3.05, 3.63) is 71.3 Å². The lowest BCUT2D eigenvalue weighted by Crippen LogP contribution is -2.35. The Morgan fingerprint density at radius 3 is 1.94 bits per heavy atom. The van der Waals surface area contributed by atoms with Crippen molar-refractivity contribution < 1.29 is 18.3 Å². The van der Waals surface area contributed by atoms with Crippen LogP contribution in [-0.4, -0.2) is 43.3 Å². The van der Waals surface area contributed by atoms with E-state index < -0.39 is 5.60 Å². The van der Waals surface area contributed by atoms with E-state index in [0.717, 1.165) is 49.9 Å². The molecular weight excluding hydrogens is 434 g/mol. The second-order valence-corrected chi connectivity index (χ2v) is 10.1. The number of rotatable bonds is 12. The van der Waals surface area contributed by atoms with Crippen molar-refractivity contribution in [1.29, 1.82) is 0 Å². The monoisotopic (exact) mass is 474 g/mol. The normalized spacial score (nSPS) is 12.6. The summed E-state index contributed by atoms with van der Waals surface area (Å²) in [6, 6.07) is 13.2. The number of carbonyl (C=O) groups excluding carboxylic acids is 1. The second-order valence-electron chi connectivity index (χ2n) is 10.1. The van der Waals surface area contributed by atoms with Gasteiger partial charge in [0.1, 0.15) is 17.2 Å². The van der Waals surface area contributed by atoms with E-state index in [0.29, 0.717) is 12.5 Å². The van der Waals surface area contributed by atoms with E-state index in [1.54, 1.807) is 11.9 Å². The largest absolute Gasteiger partial charge is 0.444 e. The first-order valence-electron chi connectivity index (χ1n) is 12.2. The third kappa shape index (κ3) is 10.2. The average Bonchev–Trinajstić information content (AvgIpc) is 2.77. The molecule has 188 valence electrons. The molecule has 1 amide bonds. The molecule has 0 radical (unpaired) electrons. The molecule has 1 atom stereocenters. The van der Waals surface area contributed by atoms with E-state index in [2.05, 4.69) is 12.2 Å². The molecule has 4 nitrogen and oxygen atoms in total. The zero-order valence-electron chi connectivity index (χ0n) is 21.2. The first kappa shape index (κ1) is 27.8. The zero-order chi connectivity index (χ0) is 25.1. The molecule has 2 aromatic rings. The Morgan fingerprint density at radius 2 is 1.44 bits per heavy atom. The molecule has 0 aliphatic carbocycles. The lowest BCUT2D eigenvalue weighted by molar-refractivity contribution is 0.0291. The summed E-state index contributed by atoms with van der Waals surface area (Å²) >= 11 is 0. The quantitative estimate of drug-likeness (QED) is 0.346. The van der Waals surface area contributed by atoms with E-state index in [1.807, 2.05) is 45.0 Å². The fourth-order valence-corrected chi connectivity index (χ4v) is 3.81. The van der Waals surface area contributed by atoms with Crippen LogP contribution in [0.5, 0.6) is 0 Å². The third-order valence-corrected chi connectivity index (χ3v) is 5.87. The maximum absolute atomic E-state index is 13.4. The maximum Gasteiger partial charge on any atom is 0.410 e. The second kappa shape index (κ2) is 13.4. The van der Waals surface area contributed by atoms with Crippen LogP contribution in [-0.2, 0) is 4.74 Å². The first-order chi connectivity index (χ1) is 16.0. The topological polar surface area (TPSA) is 41.6 Å². The highest BCUT2D eigenvalue weighted by molar-refractivity contribution is 5.67. The smallest absolute Gasteiger partial charge is 0.410 e. The summed E-state index contributed by atoms with van der Waals surface area (Å²) in [5.41, 5.74) is 1.60. The van der Waals surface area contributed by atoms with Crippen molar-refractivity contribution in [3.63, 3.8) is 0 Å². The predicted octanol–water partition coefficient (Wildman–Crippen LogP) is 6.75. The molecule has 2 rings (SSSR count). The highest BCUT2D eigenvalue weighted by Gasteiger charge is 2.20. The summed E-state index contributed by atoms with van der Waals surface area (Å²) in [6.07, 6.45) is 3.51. The van der Waals surface area contributed by atoms with Gasteiger partial charge in [0.15, 0.2) is 0 Å². The number of hydrogen-bond acceptors (Lipinski definition) is 3. The standard InChI is InChI=1S/C28H40F2N2O2/c1-21(17-20-32(5)27(33)34-28(2,3)4)16-19-31-18-6-7-26(22-8-12-24(29)13-9-22)23-10-14-25(30)15-11-23/h8-15,21,26,31H,6-7,16-20H2,1-5H3/t21-/m0/s1. The van der Waals surface area contributed by atoms with Gasteiger partial charge < -0.3 is 15.0 Å². The van der Waals surface area contributed by atoms with Gasteiger partial charge in [0.2, 0.25) is 0 Å². The zero-order valence-corrected chi connectivity index (χ0v) is 21.2. The Bertz CT molecular complexity index is 818. The van der Waals surface area contributed by atoms with Gasteiger partial charge >= 0.3 is 6.09 Å². The van der Waals surface area contributed by atoms with Crippen LogP contribution in [0.15, 0.2) is 48.5 Å². The molecule has 0 heterocycles. The van der Waals surface area contributed by atoms with Gasteiger partial charge in [0.05, 0.1) is 0 Å². The Morgan fingerprint density at radius 1 is 0.912 bits per heavy atom.